The van der Waals surface area contributed by atoms with Crippen molar-refractivity contribution in [3.8, 4) is 0 Å². The second-order valence-corrected chi connectivity index (χ2v) is 5.15. The number of hydrogen-bond donors (Lipinski definition) is 2. The molecule has 0 aromatic heterocycles. The van der Waals surface area contributed by atoms with E-state index in [1.807, 2.05) is 0 Å². The molecule has 1 heterocycles. The van der Waals surface area contributed by atoms with Crippen molar-refractivity contribution in [1.29, 1.82) is 0 Å². The minimum Gasteiger partial charge on any atom is -0.364 e. The fourth-order valence-corrected chi connectivity index (χ4v) is 2.25. The Morgan fingerprint density at radius 3 is 2.79 bits per heavy atom. The standard InChI is InChI=1S/C12H13BrF2N2O2/c13-7-3-10(9(15)4-8(7)14)17-12(18)11-2-1-6(5-16)19-11/h3-4,6,11H,1-2,5,16H2,(H,17,18). The van der Waals surface area contributed by atoms with Crippen LogP contribution in [0.2, 0.25) is 0 Å². The van der Waals surface area contributed by atoms with Gasteiger partial charge in [-0.25, -0.2) is 8.78 Å². The van der Waals surface area contributed by atoms with Crippen LogP contribution in [0.15, 0.2) is 16.6 Å². The Labute approximate surface area is 117 Å². The van der Waals surface area contributed by atoms with Crippen molar-refractivity contribution in [2.24, 2.45) is 5.73 Å². The molecule has 0 spiro atoms. The fourth-order valence-electron chi connectivity index (χ4n) is 1.90. The first kappa shape index (κ1) is 14.4. The summed E-state index contributed by atoms with van der Waals surface area (Å²) in [5.41, 5.74) is 5.36. The molecule has 0 saturated carbocycles. The number of nitrogens with two attached hydrogens (primary N) is 1. The average Bonchev–Trinajstić information content (AvgIpc) is 2.84. The lowest BCUT2D eigenvalue weighted by Crippen LogP contribution is -2.30. The number of anilines is 1. The van der Waals surface area contributed by atoms with Gasteiger partial charge in [-0.2, -0.15) is 0 Å². The van der Waals surface area contributed by atoms with E-state index >= 15 is 0 Å². The number of benzene rings is 1. The van der Waals surface area contributed by atoms with Gasteiger partial charge in [0, 0.05) is 12.6 Å². The molecule has 0 aliphatic carbocycles. The molecule has 4 nitrogen and oxygen atoms in total. The Morgan fingerprint density at radius 2 is 2.16 bits per heavy atom. The van der Waals surface area contributed by atoms with Gasteiger partial charge in [0.25, 0.3) is 5.91 Å². The molecule has 1 aliphatic rings. The minimum atomic E-state index is -0.831. The maximum Gasteiger partial charge on any atom is 0.253 e. The van der Waals surface area contributed by atoms with Crippen molar-refractivity contribution in [1.82, 2.24) is 0 Å². The molecular weight excluding hydrogens is 322 g/mol. The first-order valence-electron chi connectivity index (χ1n) is 5.82. The molecular formula is C12H13BrF2N2O2. The Kier molecular flexibility index (Phi) is 4.49. The van der Waals surface area contributed by atoms with Gasteiger partial charge in [-0.05, 0) is 34.8 Å². The number of halogens is 3. The second-order valence-electron chi connectivity index (χ2n) is 4.30. The molecule has 7 heteroatoms. The third kappa shape index (κ3) is 3.29. The summed E-state index contributed by atoms with van der Waals surface area (Å²) in [7, 11) is 0. The van der Waals surface area contributed by atoms with Crippen LogP contribution in [0.1, 0.15) is 12.8 Å². The van der Waals surface area contributed by atoms with Gasteiger partial charge in [0.2, 0.25) is 0 Å². The summed E-state index contributed by atoms with van der Waals surface area (Å²) in [5, 5.41) is 2.39. The molecule has 3 N–H and O–H groups in total. The zero-order valence-corrected chi connectivity index (χ0v) is 11.5. The van der Waals surface area contributed by atoms with Gasteiger partial charge >= 0.3 is 0 Å². The van der Waals surface area contributed by atoms with Crippen LogP contribution in [0, 0.1) is 11.6 Å². The summed E-state index contributed by atoms with van der Waals surface area (Å²) in [5.74, 6) is -2.01. The highest BCUT2D eigenvalue weighted by molar-refractivity contribution is 9.10. The molecule has 19 heavy (non-hydrogen) atoms. The normalized spacial score (nSPS) is 22.5. The molecule has 1 aliphatic heterocycles. The third-order valence-corrected chi connectivity index (χ3v) is 3.54. The van der Waals surface area contributed by atoms with Crippen LogP contribution in [0.25, 0.3) is 0 Å². The number of carbonyl (C=O) groups excluding carboxylic acids is 1. The van der Waals surface area contributed by atoms with Crippen molar-refractivity contribution < 1.29 is 18.3 Å². The van der Waals surface area contributed by atoms with Gasteiger partial charge in [0.05, 0.1) is 16.3 Å². The molecule has 0 radical (unpaired) electrons. The molecule has 104 valence electrons. The number of nitrogens with one attached hydrogen (secondary N) is 1. The van der Waals surface area contributed by atoms with Crippen LogP contribution in [-0.2, 0) is 9.53 Å². The van der Waals surface area contributed by atoms with E-state index in [-0.39, 0.29) is 16.3 Å². The molecule has 2 atom stereocenters. The fraction of sp³-hybridized carbons (Fsp3) is 0.417. The molecule has 1 amide bonds. The van der Waals surface area contributed by atoms with Crippen LogP contribution >= 0.6 is 15.9 Å². The maximum absolute atomic E-state index is 13.5. The van der Waals surface area contributed by atoms with Crippen LogP contribution in [0.4, 0.5) is 14.5 Å². The summed E-state index contributed by atoms with van der Waals surface area (Å²) in [6, 6.07) is 1.88. The smallest absolute Gasteiger partial charge is 0.253 e. The van der Waals surface area contributed by atoms with Gasteiger partial charge in [0.1, 0.15) is 17.7 Å². The lowest BCUT2D eigenvalue weighted by Gasteiger charge is -2.13. The topological polar surface area (TPSA) is 64.4 Å². The molecule has 0 bridgehead atoms. The summed E-state index contributed by atoms with van der Waals surface area (Å²) < 4.78 is 32.0. The zero-order chi connectivity index (χ0) is 14.0. The van der Waals surface area contributed by atoms with E-state index in [1.165, 1.54) is 6.07 Å². The van der Waals surface area contributed by atoms with Gasteiger partial charge in [0.15, 0.2) is 0 Å². The monoisotopic (exact) mass is 334 g/mol. The molecule has 1 aromatic carbocycles. The van der Waals surface area contributed by atoms with E-state index in [4.69, 9.17) is 10.5 Å². The highest BCUT2D eigenvalue weighted by Crippen LogP contribution is 2.25. The Bertz CT molecular complexity index is 499. The first-order valence-corrected chi connectivity index (χ1v) is 6.61. The third-order valence-electron chi connectivity index (χ3n) is 2.93. The lowest BCUT2D eigenvalue weighted by atomic mass is 10.2. The molecule has 2 unspecified atom stereocenters. The summed E-state index contributed by atoms with van der Waals surface area (Å²) >= 11 is 2.93. The molecule has 1 aromatic rings. The van der Waals surface area contributed by atoms with Crippen molar-refractivity contribution in [2.45, 2.75) is 25.0 Å². The van der Waals surface area contributed by atoms with Crippen LogP contribution in [0.5, 0.6) is 0 Å². The number of carbonyl (C=O) groups is 1. The van der Waals surface area contributed by atoms with Gasteiger partial charge < -0.3 is 15.8 Å². The Hall–Kier alpha value is -1.05. The molecule has 1 saturated heterocycles. The predicted molar refractivity (Wildman–Crippen MR) is 69.6 cm³/mol. The van der Waals surface area contributed by atoms with Gasteiger partial charge in [-0.1, -0.05) is 0 Å². The van der Waals surface area contributed by atoms with E-state index in [0.717, 1.165) is 0 Å². The quantitative estimate of drug-likeness (QED) is 0.832. The zero-order valence-electron chi connectivity index (χ0n) is 9.96. The van der Waals surface area contributed by atoms with E-state index < -0.39 is 23.6 Å². The van der Waals surface area contributed by atoms with Crippen molar-refractivity contribution >= 4 is 27.5 Å². The van der Waals surface area contributed by atoms with E-state index in [1.54, 1.807) is 0 Å². The maximum atomic E-state index is 13.5. The van der Waals surface area contributed by atoms with E-state index in [9.17, 15) is 13.6 Å². The Balaban J connectivity index is 2.05. The molecule has 1 fully saturated rings. The van der Waals surface area contributed by atoms with E-state index in [0.29, 0.717) is 25.5 Å². The van der Waals surface area contributed by atoms with Gasteiger partial charge in [-0.15, -0.1) is 0 Å². The van der Waals surface area contributed by atoms with Crippen molar-refractivity contribution in [3.63, 3.8) is 0 Å². The summed E-state index contributed by atoms with van der Waals surface area (Å²) in [4.78, 5) is 11.9. The van der Waals surface area contributed by atoms with Crippen LogP contribution in [-0.4, -0.2) is 24.7 Å². The number of hydrogen-bond acceptors (Lipinski definition) is 3. The van der Waals surface area contributed by atoms with Crippen LogP contribution < -0.4 is 11.1 Å². The largest absolute Gasteiger partial charge is 0.364 e. The van der Waals surface area contributed by atoms with Gasteiger partial charge in [-0.3, -0.25) is 4.79 Å². The minimum absolute atomic E-state index is 0.0800. The number of ether oxygens (including phenoxy) is 1. The number of amides is 1. The molecule has 2 rings (SSSR count). The Morgan fingerprint density at radius 1 is 1.42 bits per heavy atom. The highest BCUT2D eigenvalue weighted by Gasteiger charge is 2.30. The lowest BCUT2D eigenvalue weighted by molar-refractivity contribution is -0.126. The second kappa shape index (κ2) is 5.94. The summed E-state index contributed by atoms with van der Waals surface area (Å²) in [6.45, 7) is 0.347. The predicted octanol–water partition coefficient (Wildman–Crippen LogP) is 2.17. The average molecular weight is 335 g/mol. The summed E-state index contributed by atoms with van der Waals surface area (Å²) in [6.07, 6.45) is 0.458. The van der Waals surface area contributed by atoms with Crippen molar-refractivity contribution in [3.05, 3.63) is 28.2 Å². The first-order chi connectivity index (χ1) is 9.01. The SMILES string of the molecule is NCC1CCC(C(=O)Nc2cc(Br)c(F)cc2F)O1. The highest BCUT2D eigenvalue weighted by atomic mass is 79.9. The number of rotatable bonds is 3. The van der Waals surface area contributed by atoms with Crippen molar-refractivity contribution in [2.75, 3.05) is 11.9 Å². The van der Waals surface area contributed by atoms with Crippen LogP contribution in [0.3, 0.4) is 0 Å². The van der Waals surface area contributed by atoms with E-state index in [2.05, 4.69) is 21.2 Å².